The van der Waals surface area contributed by atoms with Crippen LogP contribution in [0.25, 0.3) is 16.8 Å². The van der Waals surface area contributed by atoms with Crippen molar-refractivity contribution >= 4 is 28.4 Å². The van der Waals surface area contributed by atoms with Gasteiger partial charge in [0.2, 0.25) is 0 Å². The van der Waals surface area contributed by atoms with E-state index in [1.165, 1.54) is 0 Å². The van der Waals surface area contributed by atoms with E-state index in [1.54, 1.807) is 6.08 Å². The van der Waals surface area contributed by atoms with Crippen LogP contribution in [0.1, 0.15) is 30.5 Å². The molecular formula is C26H26N2O3. The third-order valence-electron chi connectivity index (χ3n) is 4.74. The fourth-order valence-corrected chi connectivity index (χ4v) is 3.53. The molecule has 0 aliphatic heterocycles. The lowest BCUT2D eigenvalue weighted by Gasteiger charge is -2.13. The van der Waals surface area contributed by atoms with Crippen LogP contribution < -0.4 is 14.8 Å². The number of nitrogens with one attached hydrogen (secondary N) is 1. The monoisotopic (exact) mass is 414 g/mol. The molecule has 0 spiro atoms. The molecule has 5 heteroatoms. The summed E-state index contributed by atoms with van der Waals surface area (Å²) in [5, 5.41) is 14.4. The first kappa shape index (κ1) is 21.9. The zero-order valence-electron chi connectivity index (χ0n) is 18.3. The highest BCUT2D eigenvalue weighted by atomic mass is 16.5. The molecule has 31 heavy (non-hydrogen) atoms. The molecule has 0 saturated carbocycles. The lowest BCUT2D eigenvalue weighted by atomic mass is 10.0. The van der Waals surface area contributed by atoms with Crippen LogP contribution in [0, 0.1) is 25.2 Å². The topological polar surface area (TPSA) is 71.3 Å². The molecule has 3 aromatic rings. The Hall–Kier alpha value is -3.78. The zero-order chi connectivity index (χ0) is 22.4. The van der Waals surface area contributed by atoms with Crippen molar-refractivity contribution in [3.63, 3.8) is 0 Å². The summed E-state index contributed by atoms with van der Waals surface area (Å²) < 4.78 is 11.4. The van der Waals surface area contributed by atoms with Crippen molar-refractivity contribution in [2.24, 2.45) is 0 Å². The van der Waals surface area contributed by atoms with E-state index in [-0.39, 0.29) is 5.57 Å². The molecule has 0 aliphatic carbocycles. The van der Waals surface area contributed by atoms with Crippen LogP contribution in [-0.4, -0.2) is 19.1 Å². The molecule has 0 aliphatic rings. The number of rotatable bonds is 7. The van der Waals surface area contributed by atoms with E-state index in [0.717, 1.165) is 27.6 Å². The quantitative estimate of drug-likeness (QED) is 0.392. The second-order valence-electron chi connectivity index (χ2n) is 7.23. The summed E-state index contributed by atoms with van der Waals surface area (Å²) in [4.78, 5) is 12.9. The Kier molecular flexibility index (Phi) is 6.94. The maximum atomic E-state index is 12.9. The highest BCUT2D eigenvalue weighted by Gasteiger charge is 2.14. The summed E-state index contributed by atoms with van der Waals surface area (Å²) in [7, 11) is 0. The van der Waals surface area contributed by atoms with Gasteiger partial charge in [0.25, 0.3) is 5.91 Å². The summed E-state index contributed by atoms with van der Waals surface area (Å²) in [5.74, 6) is 0.861. The smallest absolute Gasteiger partial charge is 0.266 e. The number of carbonyl (C=O) groups is 1. The molecule has 0 bridgehead atoms. The molecule has 0 atom stereocenters. The van der Waals surface area contributed by atoms with Crippen LogP contribution in [0.3, 0.4) is 0 Å². The molecule has 0 radical (unpaired) electrons. The van der Waals surface area contributed by atoms with Gasteiger partial charge in [0.15, 0.2) is 0 Å². The van der Waals surface area contributed by atoms with Gasteiger partial charge >= 0.3 is 0 Å². The molecule has 0 heterocycles. The van der Waals surface area contributed by atoms with Gasteiger partial charge in [-0.1, -0.05) is 18.2 Å². The Labute approximate surface area is 182 Å². The lowest BCUT2D eigenvalue weighted by Crippen LogP contribution is -2.13. The van der Waals surface area contributed by atoms with E-state index in [0.29, 0.717) is 30.2 Å². The largest absolute Gasteiger partial charge is 0.494 e. The number of nitrogens with zero attached hydrogens (tertiary/aromatic N) is 1. The molecule has 0 saturated heterocycles. The number of amides is 1. The average Bonchev–Trinajstić information content (AvgIpc) is 2.72. The molecular weight excluding hydrogens is 388 g/mol. The minimum Gasteiger partial charge on any atom is -0.494 e. The highest BCUT2D eigenvalue weighted by molar-refractivity contribution is 6.11. The number of fused-ring (bicyclic) bond motifs is 1. The van der Waals surface area contributed by atoms with Crippen molar-refractivity contribution in [3.8, 4) is 17.6 Å². The molecule has 1 N–H and O–H groups in total. The SMILES string of the molecule is CCOc1ccc2ccc(OCC)c(/C=C(/C#N)C(=O)Nc3cc(C)cc(C)c3)c2c1. The number of carbonyl (C=O) groups excluding carboxylic acids is 1. The van der Waals surface area contributed by atoms with Gasteiger partial charge < -0.3 is 14.8 Å². The van der Waals surface area contributed by atoms with Crippen LogP contribution in [0.15, 0.2) is 54.1 Å². The standard InChI is InChI=1S/C26H26N2O3/c1-5-30-22-9-7-19-8-10-25(31-6-2)24(23(19)15-22)14-20(16-27)26(29)28-21-12-17(3)11-18(4)13-21/h7-15H,5-6H2,1-4H3,(H,28,29)/b20-14-. The van der Waals surface area contributed by atoms with Crippen molar-refractivity contribution in [1.29, 1.82) is 5.26 Å². The fourth-order valence-electron chi connectivity index (χ4n) is 3.53. The van der Waals surface area contributed by atoms with Crippen LogP contribution in [0.5, 0.6) is 11.5 Å². The van der Waals surface area contributed by atoms with E-state index < -0.39 is 5.91 Å². The van der Waals surface area contributed by atoms with Crippen molar-refractivity contribution < 1.29 is 14.3 Å². The van der Waals surface area contributed by atoms with Crippen LogP contribution >= 0.6 is 0 Å². The number of hydrogen-bond donors (Lipinski definition) is 1. The van der Waals surface area contributed by atoms with Crippen LogP contribution in [0.2, 0.25) is 0 Å². The zero-order valence-corrected chi connectivity index (χ0v) is 18.3. The van der Waals surface area contributed by atoms with E-state index in [9.17, 15) is 10.1 Å². The van der Waals surface area contributed by atoms with Crippen molar-refractivity contribution in [1.82, 2.24) is 0 Å². The number of anilines is 1. The summed E-state index contributed by atoms with van der Waals surface area (Å²) in [6.07, 6.45) is 1.58. The van der Waals surface area contributed by atoms with Gasteiger partial charge in [-0.15, -0.1) is 0 Å². The van der Waals surface area contributed by atoms with Gasteiger partial charge in [-0.05, 0) is 86.0 Å². The molecule has 0 fully saturated rings. The van der Waals surface area contributed by atoms with E-state index in [1.807, 2.05) is 82.3 Å². The maximum absolute atomic E-state index is 12.9. The van der Waals surface area contributed by atoms with Gasteiger partial charge in [0.1, 0.15) is 23.1 Å². The number of benzene rings is 3. The van der Waals surface area contributed by atoms with Gasteiger partial charge in [0.05, 0.1) is 13.2 Å². The van der Waals surface area contributed by atoms with Crippen LogP contribution in [-0.2, 0) is 4.79 Å². The molecule has 5 nitrogen and oxygen atoms in total. The maximum Gasteiger partial charge on any atom is 0.266 e. The van der Waals surface area contributed by atoms with Gasteiger partial charge in [0, 0.05) is 11.3 Å². The second-order valence-corrected chi connectivity index (χ2v) is 7.23. The fraction of sp³-hybridized carbons (Fsp3) is 0.231. The number of aryl methyl sites for hydroxylation is 2. The predicted octanol–water partition coefficient (Wildman–Crippen LogP) is 5.80. The minimum absolute atomic E-state index is 0.00516. The molecule has 3 rings (SSSR count). The predicted molar refractivity (Wildman–Crippen MR) is 124 cm³/mol. The number of nitriles is 1. The third-order valence-corrected chi connectivity index (χ3v) is 4.74. The first-order chi connectivity index (χ1) is 14.9. The number of hydrogen-bond acceptors (Lipinski definition) is 4. The van der Waals surface area contributed by atoms with Crippen molar-refractivity contribution in [2.45, 2.75) is 27.7 Å². The lowest BCUT2D eigenvalue weighted by molar-refractivity contribution is -0.112. The molecule has 3 aromatic carbocycles. The first-order valence-electron chi connectivity index (χ1n) is 10.3. The normalized spacial score (nSPS) is 11.1. The second kappa shape index (κ2) is 9.82. The van der Waals surface area contributed by atoms with E-state index >= 15 is 0 Å². The van der Waals surface area contributed by atoms with Gasteiger partial charge in [-0.3, -0.25) is 4.79 Å². The molecule has 158 valence electrons. The Morgan fingerprint density at radius 1 is 1.00 bits per heavy atom. The first-order valence-corrected chi connectivity index (χ1v) is 10.3. The molecule has 0 unspecified atom stereocenters. The highest BCUT2D eigenvalue weighted by Crippen LogP contribution is 2.33. The summed E-state index contributed by atoms with van der Waals surface area (Å²) >= 11 is 0. The third kappa shape index (κ3) is 5.23. The van der Waals surface area contributed by atoms with E-state index in [4.69, 9.17) is 9.47 Å². The van der Waals surface area contributed by atoms with Crippen LogP contribution in [0.4, 0.5) is 5.69 Å². The number of ether oxygens (including phenoxy) is 2. The minimum atomic E-state index is -0.465. The Morgan fingerprint density at radius 3 is 2.32 bits per heavy atom. The Balaban J connectivity index is 2.08. The Morgan fingerprint density at radius 2 is 1.68 bits per heavy atom. The summed E-state index contributed by atoms with van der Waals surface area (Å²) in [6.45, 7) is 8.76. The van der Waals surface area contributed by atoms with Gasteiger partial charge in [-0.2, -0.15) is 5.26 Å². The summed E-state index contributed by atoms with van der Waals surface area (Å²) in [6, 6.07) is 17.4. The van der Waals surface area contributed by atoms with Crippen molar-refractivity contribution in [2.75, 3.05) is 18.5 Å². The summed E-state index contributed by atoms with van der Waals surface area (Å²) in [5.41, 5.74) is 3.40. The molecule has 1 amide bonds. The van der Waals surface area contributed by atoms with Gasteiger partial charge in [-0.25, -0.2) is 0 Å². The molecule has 0 aromatic heterocycles. The van der Waals surface area contributed by atoms with Crippen molar-refractivity contribution in [3.05, 3.63) is 70.8 Å². The average molecular weight is 415 g/mol. The Bertz CT molecular complexity index is 1160. The van der Waals surface area contributed by atoms with E-state index in [2.05, 4.69) is 5.32 Å².